The maximum Gasteiger partial charge on any atom is 0.263 e. The van der Waals surface area contributed by atoms with Crippen LogP contribution in [0.5, 0.6) is 0 Å². The highest BCUT2D eigenvalue weighted by Crippen LogP contribution is 2.44. The fraction of sp³-hybridized carbons (Fsp3) is 0.579. The molecule has 1 aliphatic heterocycles. The van der Waals surface area contributed by atoms with Crippen molar-refractivity contribution in [1.82, 2.24) is 4.90 Å². The molecule has 7 heteroatoms. The van der Waals surface area contributed by atoms with Crippen molar-refractivity contribution in [1.29, 1.82) is 0 Å². The Bertz CT molecular complexity index is 644. The van der Waals surface area contributed by atoms with Gasteiger partial charge in [0.2, 0.25) is 0 Å². The van der Waals surface area contributed by atoms with E-state index in [0.29, 0.717) is 6.54 Å². The molecule has 144 valence electrons. The summed E-state index contributed by atoms with van der Waals surface area (Å²) in [6.45, 7) is 2.56. The van der Waals surface area contributed by atoms with Gasteiger partial charge in [-0.1, -0.05) is 105 Å². The average Bonchev–Trinajstić information content (AvgIpc) is 2.87. The topological polar surface area (TPSA) is 37.4 Å². The van der Waals surface area contributed by atoms with Crippen molar-refractivity contribution in [2.24, 2.45) is 0 Å². The largest absolute Gasteiger partial charge is 0.274 e. The molecule has 0 atom stereocenters. The number of unbranched alkanes of at least 4 members (excludes halogenated alkanes) is 8. The van der Waals surface area contributed by atoms with E-state index in [0.717, 1.165) is 19.3 Å². The summed E-state index contributed by atoms with van der Waals surface area (Å²) in [7, 11) is 0. The standard InChI is InChI=1S/C19H23Cl4NO2/c1-2-3-4-5-6-7-8-9-10-11-24-18(25)12-13(19(24)26)15(21)17(23)16(22)14(12)20/h2-11H2,1H3. The highest BCUT2D eigenvalue weighted by Gasteiger charge is 2.41. The van der Waals surface area contributed by atoms with Crippen LogP contribution in [0.25, 0.3) is 0 Å². The van der Waals surface area contributed by atoms with Crippen LogP contribution in [-0.2, 0) is 0 Å². The molecule has 0 aliphatic carbocycles. The lowest BCUT2D eigenvalue weighted by atomic mass is 10.1. The van der Waals surface area contributed by atoms with Gasteiger partial charge in [-0.25, -0.2) is 0 Å². The second-order valence-corrected chi connectivity index (χ2v) is 8.11. The summed E-state index contributed by atoms with van der Waals surface area (Å²) in [5.74, 6) is -0.898. The zero-order valence-electron chi connectivity index (χ0n) is 14.8. The van der Waals surface area contributed by atoms with E-state index in [1.54, 1.807) is 0 Å². The molecule has 0 N–H and O–H groups in total. The van der Waals surface area contributed by atoms with Crippen LogP contribution < -0.4 is 0 Å². The average molecular weight is 439 g/mol. The van der Waals surface area contributed by atoms with Crippen LogP contribution in [-0.4, -0.2) is 23.3 Å². The van der Waals surface area contributed by atoms with E-state index in [9.17, 15) is 9.59 Å². The van der Waals surface area contributed by atoms with Crippen LogP contribution in [0.1, 0.15) is 85.4 Å². The zero-order chi connectivity index (χ0) is 19.3. The minimum absolute atomic E-state index is 0.00292. The molecule has 3 nitrogen and oxygen atoms in total. The maximum absolute atomic E-state index is 12.6. The molecule has 1 aromatic rings. The number of imide groups is 1. The minimum Gasteiger partial charge on any atom is -0.274 e. The number of hydrogen-bond donors (Lipinski definition) is 0. The van der Waals surface area contributed by atoms with Crippen molar-refractivity contribution >= 4 is 58.2 Å². The summed E-state index contributed by atoms with van der Waals surface area (Å²) in [4.78, 5) is 26.3. The number of nitrogens with zero attached hydrogens (tertiary/aromatic N) is 1. The van der Waals surface area contributed by atoms with Gasteiger partial charge in [-0.2, -0.15) is 0 Å². The summed E-state index contributed by atoms with van der Waals surface area (Å²) >= 11 is 24.3. The first kappa shape index (κ1) is 21.8. The molecule has 0 fully saturated rings. The minimum atomic E-state index is -0.449. The van der Waals surface area contributed by atoms with Gasteiger partial charge in [0.1, 0.15) is 0 Å². The third-order valence-corrected chi connectivity index (χ3v) is 6.47. The maximum atomic E-state index is 12.6. The Morgan fingerprint density at radius 3 is 1.42 bits per heavy atom. The van der Waals surface area contributed by atoms with Gasteiger partial charge in [-0.15, -0.1) is 0 Å². The van der Waals surface area contributed by atoms with Crippen LogP contribution in [0.15, 0.2) is 0 Å². The van der Waals surface area contributed by atoms with E-state index in [-0.39, 0.29) is 31.2 Å². The smallest absolute Gasteiger partial charge is 0.263 e. The number of fused-ring (bicyclic) bond motifs is 1. The Kier molecular flexibility index (Phi) is 8.53. The van der Waals surface area contributed by atoms with Crippen molar-refractivity contribution < 1.29 is 9.59 Å². The number of carbonyl (C=O) groups excluding carboxylic acids is 2. The van der Waals surface area contributed by atoms with Gasteiger partial charge in [0.15, 0.2) is 0 Å². The van der Waals surface area contributed by atoms with Gasteiger partial charge in [-0.05, 0) is 6.42 Å². The fourth-order valence-electron chi connectivity index (χ4n) is 3.18. The summed E-state index contributed by atoms with van der Waals surface area (Å²) in [6, 6.07) is 0. The Balaban J connectivity index is 1.87. The van der Waals surface area contributed by atoms with E-state index in [1.807, 2.05) is 0 Å². The second kappa shape index (κ2) is 10.2. The van der Waals surface area contributed by atoms with Crippen LogP contribution >= 0.6 is 46.4 Å². The molecule has 1 aliphatic rings. The van der Waals surface area contributed by atoms with E-state index in [4.69, 9.17) is 46.4 Å². The highest BCUT2D eigenvalue weighted by molar-refractivity contribution is 6.55. The van der Waals surface area contributed by atoms with Crippen LogP contribution in [0.2, 0.25) is 20.1 Å². The lowest BCUT2D eigenvalue weighted by Gasteiger charge is -2.13. The van der Waals surface area contributed by atoms with E-state index in [2.05, 4.69) is 6.92 Å². The fourth-order valence-corrected chi connectivity index (χ4v) is 4.19. The number of hydrogen-bond acceptors (Lipinski definition) is 2. The molecule has 0 bridgehead atoms. The highest BCUT2D eigenvalue weighted by atomic mass is 35.5. The number of carbonyl (C=O) groups is 2. The molecule has 0 unspecified atom stereocenters. The number of benzene rings is 1. The molecule has 1 aromatic carbocycles. The van der Waals surface area contributed by atoms with Crippen LogP contribution in [0.4, 0.5) is 0 Å². The molecule has 0 radical (unpaired) electrons. The first-order valence-electron chi connectivity index (χ1n) is 9.13. The monoisotopic (exact) mass is 437 g/mol. The van der Waals surface area contributed by atoms with E-state index in [1.165, 1.54) is 43.4 Å². The predicted octanol–water partition coefficient (Wildman–Crippen LogP) is 7.43. The lowest BCUT2D eigenvalue weighted by Crippen LogP contribution is -2.30. The predicted molar refractivity (Wildman–Crippen MR) is 109 cm³/mol. The Morgan fingerprint density at radius 1 is 0.615 bits per heavy atom. The molecule has 0 saturated carbocycles. The number of halogens is 4. The second-order valence-electron chi connectivity index (χ2n) is 6.60. The first-order chi connectivity index (χ1) is 12.4. The van der Waals surface area contributed by atoms with Crippen molar-refractivity contribution in [3.05, 3.63) is 31.2 Å². The molecule has 26 heavy (non-hydrogen) atoms. The van der Waals surface area contributed by atoms with E-state index < -0.39 is 11.8 Å². The first-order valence-corrected chi connectivity index (χ1v) is 10.6. The normalized spacial score (nSPS) is 13.7. The molecular weight excluding hydrogens is 416 g/mol. The molecular formula is C19H23Cl4NO2. The molecule has 2 amide bonds. The molecule has 1 heterocycles. The van der Waals surface area contributed by atoms with E-state index >= 15 is 0 Å². The lowest BCUT2D eigenvalue weighted by molar-refractivity contribution is 0.0651. The molecule has 0 saturated heterocycles. The number of amides is 2. The third-order valence-electron chi connectivity index (χ3n) is 4.67. The summed E-state index contributed by atoms with van der Waals surface area (Å²) < 4.78 is 0. The Labute approximate surface area is 174 Å². The van der Waals surface area contributed by atoms with Gasteiger partial charge < -0.3 is 0 Å². The summed E-state index contributed by atoms with van der Waals surface area (Å²) in [5.41, 5.74) is 0.124. The molecule has 0 aromatic heterocycles. The van der Waals surface area contributed by atoms with Gasteiger partial charge in [0.05, 0.1) is 31.2 Å². The number of rotatable bonds is 10. The summed E-state index contributed by atoms with van der Waals surface area (Å²) in [5, 5.41) is -0.0145. The summed E-state index contributed by atoms with van der Waals surface area (Å²) in [6.07, 6.45) is 10.4. The molecule has 0 spiro atoms. The quantitative estimate of drug-likeness (QED) is 0.165. The van der Waals surface area contributed by atoms with Gasteiger partial charge in [0.25, 0.3) is 11.8 Å². The van der Waals surface area contributed by atoms with Gasteiger partial charge in [-0.3, -0.25) is 14.5 Å². The van der Waals surface area contributed by atoms with Gasteiger partial charge >= 0.3 is 0 Å². The Morgan fingerprint density at radius 2 is 1.00 bits per heavy atom. The molecule has 2 rings (SSSR count). The van der Waals surface area contributed by atoms with Gasteiger partial charge in [0, 0.05) is 6.54 Å². The zero-order valence-corrected chi connectivity index (χ0v) is 17.9. The van der Waals surface area contributed by atoms with Crippen molar-refractivity contribution in [3.63, 3.8) is 0 Å². The Hall–Kier alpha value is -0.480. The van der Waals surface area contributed by atoms with Crippen LogP contribution in [0, 0.1) is 0 Å². The van der Waals surface area contributed by atoms with Crippen molar-refractivity contribution in [2.45, 2.75) is 64.7 Å². The van der Waals surface area contributed by atoms with Crippen LogP contribution in [0.3, 0.4) is 0 Å². The third kappa shape index (κ3) is 4.67. The van der Waals surface area contributed by atoms with Crippen molar-refractivity contribution in [2.75, 3.05) is 6.54 Å². The van der Waals surface area contributed by atoms with Crippen molar-refractivity contribution in [3.8, 4) is 0 Å². The SMILES string of the molecule is CCCCCCCCCCCN1C(=O)c2c(Cl)c(Cl)c(Cl)c(Cl)c2C1=O.